The molecular formula is C33H44F2N8. The van der Waals surface area contributed by atoms with E-state index >= 15 is 8.78 Å². The standard InChI is InChI=1S/C33H44F2N8/c1-6-42-13-10-23(11-14-42)31(25-9-12-37-17-25)24-7-8-30(38-18-24)39-20-40-32(28(35)19-36-5)26-15-27(34)33-29(16-26)43(21(2)3)22(4)41-33/h7-8,15-16,18-19,21,23,25,31,37H,5-6,9-14,17,20H2,1-4H3,(H,38,39)/b28-19+,40-32-. The number of allylic oxidation sites excluding steroid dienone is 1. The molecule has 10 heteroatoms. The average molecular weight is 591 g/mol. The maximum atomic E-state index is 15.2. The molecule has 0 aliphatic carbocycles. The van der Waals surface area contributed by atoms with Crippen LogP contribution in [0.4, 0.5) is 14.6 Å². The van der Waals surface area contributed by atoms with E-state index in [1.165, 1.54) is 30.9 Å². The fraction of sp³-hybridized carbons (Fsp3) is 0.515. The highest BCUT2D eigenvalue weighted by molar-refractivity contribution is 6.12. The van der Waals surface area contributed by atoms with Crippen molar-refractivity contribution in [2.45, 2.75) is 58.9 Å². The Hall–Kier alpha value is -3.50. The Morgan fingerprint density at radius 1 is 1.21 bits per heavy atom. The lowest BCUT2D eigenvalue weighted by Crippen LogP contribution is -2.37. The van der Waals surface area contributed by atoms with Crippen LogP contribution in [0.25, 0.3) is 11.0 Å². The van der Waals surface area contributed by atoms with Crippen LogP contribution in [0.5, 0.6) is 0 Å². The number of fused-ring (bicyclic) bond motifs is 1. The number of pyridine rings is 1. The summed E-state index contributed by atoms with van der Waals surface area (Å²) in [6.07, 6.45) is 6.60. The Bertz CT molecular complexity index is 1460. The van der Waals surface area contributed by atoms with Gasteiger partial charge in [0.05, 0.1) is 11.7 Å². The summed E-state index contributed by atoms with van der Waals surface area (Å²) >= 11 is 0. The van der Waals surface area contributed by atoms with Gasteiger partial charge in [-0.05, 0) is 121 Å². The molecule has 5 rings (SSSR count). The van der Waals surface area contributed by atoms with Crippen molar-refractivity contribution in [3.8, 4) is 0 Å². The molecule has 2 aromatic heterocycles. The highest BCUT2D eigenvalue weighted by atomic mass is 19.1. The molecule has 0 saturated carbocycles. The van der Waals surface area contributed by atoms with Gasteiger partial charge in [0.25, 0.3) is 0 Å². The maximum Gasteiger partial charge on any atom is 0.167 e. The van der Waals surface area contributed by atoms with Crippen molar-refractivity contribution >= 4 is 29.3 Å². The summed E-state index contributed by atoms with van der Waals surface area (Å²) in [6, 6.07) is 7.21. The van der Waals surface area contributed by atoms with Crippen LogP contribution in [0.3, 0.4) is 0 Å². The Labute approximate surface area is 253 Å². The minimum Gasteiger partial charge on any atom is -0.351 e. The lowest BCUT2D eigenvalue weighted by molar-refractivity contribution is 0.157. The van der Waals surface area contributed by atoms with Crippen molar-refractivity contribution in [2.75, 3.05) is 44.7 Å². The van der Waals surface area contributed by atoms with Gasteiger partial charge in [-0.3, -0.25) is 9.98 Å². The molecule has 0 radical (unpaired) electrons. The number of piperidine rings is 1. The minimum atomic E-state index is -0.701. The van der Waals surface area contributed by atoms with Crippen molar-refractivity contribution in [1.29, 1.82) is 0 Å². The van der Waals surface area contributed by atoms with Gasteiger partial charge in [0.2, 0.25) is 0 Å². The number of halogens is 2. The number of aryl methyl sites for hydroxylation is 1. The van der Waals surface area contributed by atoms with Gasteiger partial charge in [-0.1, -0.05) is 13.0 Å². The molecule has 2 saturated heterocycles. The number of aliphatic imine (C=N–C) groups is 2. The second kappa shape index (κ2) is 13.9. The molecule has 3 aromatic rings. The molecule has 2 N–H and O–H groups in total. The first kappa shape index (κ1) is 30.9. The van der Waals surface area contributed by atoms with Gasteiger partial charge in [-0.2, -0.15) is 0 Å². The second-order valence-electron chi connectivity index (χ2n) is 12.0. The summed E-state index contributed by atoms with van der Waals surface area (Å²) in [4.78, 5) is 19.7. The number of anilines is 1. The van der Waals surface area contributed by atoms with E-state index in [1.807, 2.05) is 37.6 Å². The van der Waals surface area contributed by atoms with Crippen LogP contribution in [-0.4, -0.2) is 71.3 Å². The molecule has 230 valence electrons. The van der Waals surface area contributed by atoms with Crippen molar-refractivity contribution in [2.24, 2.45) is 21.8 Å². The molecule has 4 heterocycles. The highest BCUT2D eigenvalue weighted by Gasteiger charge is 2.34. The number of nitrogens with one attached hydrogen (secondary N) is 2. The number of nitrogens with zero attached hydrogens (tertiary/aromatic N) is 6. The van der Waals surface area contributed by atoms with Gasteiger partial charge < -0.3 is 20.1 Å². The molecule has 1 aromatic carbocycles. The Kier molecular flexibility index (Phi) is 9.97. The topological polar surface area (TPSA) is 82.7 Å². The highest BCUT2D eigenvalue weighted by Crippen LogP contribution is 2.40. The van der Waals surface area contributed by atoms with E-state index in [9.17, 15) is 0 Å². The van der Waals surface area contributed by atoms with Gasteiger partial charge >= 0.3 is 0 Å². The van der Waals surface area contributed by atoms with Gasteiger partial charge in [-0.15, -0.1) is 0 Å². The maximum absolute atomic E-state index is 15.2. The van der Waals surface area contributed by atoms with Crippen LogP contribution < -0.4 is 10.6 Å². The van der Waals surface area contributed by atoms with Crippen molar-refractivity contribution in [1.82, 2.24) is 24.8 Å². The molecule has 43 heavy (non-hydrogen) atoms. The second-order valence-corrected chi connectivity index (χ2v) is 12.0. The number of aromatic nitrogens is 3. The van der Waals surface area contributed by atoms with Gasteiger partial charge in [-0.25, -0.2) is 18.7 Å². The van der Waals surface area contributed by atoms with Crippen LogP contribution in [0.2, 0.25) is 0 Å². The van der Waals surface area contributed by atoms with Crippen LogP contribution in [0.1, 0.15) is 68.9 Å². The molecule has 0 bridgehead atoms. The zero-order valence-electron chi connectivity index (χ0n) is 25.8. The van der Waals surface area contributed by atoms with Crippen molar-refractivity contribution < 1.29 is 8.78 Å². The molecule has 2 aliphatic heterocycles. The van der Waals surface area contributed by atoms with E-state index in [2.05, 4.69) is 50.2 Å². The van der Waals surface area contributed by atoms with Crippen LogP contribution in [-0.2, 0) is 0 Å². The van der Waals surface area contributed by atoms with Gasteiger partial charge in [0, 0.05) is 17.8 Å². The first-order chi connectivity index (χ1) is 20.8. The van der Waals surface area contributed by atoms with Gasteiger partial charge in [0.15, 0.2) is 11.6 Å². The molecule has 0 amide bonds. The van der Waals surface area contributed by atoms with E-state index in [0.29, 0.717) is 40.5 Å². The smallest absolute Gasteiger partial charge is 0.167 e. The van der Waals surface area contributed by atoms with Gasteiger partial charge in [0.1, 0.15) is 29.5 Å². The number of hydrogen-bond donors (Lipinski definition) is 2. The number of imidazole rings is 1. The normalized spacial score (nSPS) is 19.8. The van der Waals surface area contributed by atoms with Crippen LogP contribution >= 0.6 is 0 Å². The molecule has 2 atom stereocenters. The molecule has 0 spiro atoms. The van der Waals surface area contributed by atoms with Crippen molar-refractivity contribution in [3.63, 3.8) is 0 Å². The summed E-state index contributed by atoms with van der Waals surface area (Å²) in [6.45, 7) is 17.1. The largest absolute Gasteiger partial charge is 0.351 e. The summed E-state index contributed by atoms with van der Waals surface area (Å²) in [5, 5.41) is 6.74. The van der Waals surface area contributed by atoms with Crippen molar-refractivity contribution in [3.05, 3.63) is 65.3 Å². The average Bonchev–Trinajstić information content (AvgIpc) is 3.64. The molecule has 2 unspecified atom stereocenters. The number of benzene rings is 1. The zero-order valence-corrected chi connectivity index (χ0v) is 25.8. The molecule has 2 aliphatic rings. The lowest BCUT2D eigenvalue weighted by atomic mass is 9.73. The number of hydrogen-bond acceptors (Lipinski definition) is 7. The third-order valence-corrected chi connectivity index (χ3v) is 9.01. The van der Waals surface area contributed by atoms with E-state index in [1.54, 1.807) is 6.07 Å². The quantitative estimate of drug-likeness (QED) is 0.258. The van der Waals surface area contributed by atoms with E-state index < -0.39 is 11.6 Å². The number of likely N-dealkylation sites (tertiary alicyclic amines) is 1. The SMILES string of the molecule is C=N/C=C(F)\C(=N/CNc1ccc(C(C2CCN(CC)CC2)C2CCNC2)cn1)c1cc(F)c2nc(C)n(C(C)C)c2c1. The van der Waals surface area contributed by atoms with E-state index in [0.717, 1.165) is 38.9 Å². The fourth-order valence-corrected chi connectivity index (χ4v) is 6.95. The summed E-state index contributed by atoms with van der Waals surface area (Å²) < 4.78 is 32.3. The first-order valence-electron chi connectivity index (χ1n) is 15.5. The fourth-order valence-electron chi connectivity index (χ4n) is 6.95. The Morgan fingerprint density at radius 2 is 2.00 bits per heavy atom. The summed E-state index contributed by atoms with van der Waals surface area (Å²) in [7, 11) is 0. The lowest BCUT2D eigenvalue weighted by Gasteiger charge is -2.38. The van der Waals surface area contributed by atoms with Crippen LogP contribution in [0, 0.1) is 24.6 Å². The third-order valence-electron chi connectivity index (χ3n) is 9.01. The molecule has 2 fully saturated rings. The third kappa shape index (κ3) is 6.86. The predicted octanol–water partition coefficient (Wildman–Crippen LogP) is 6.25. The van der Waals surface area contributed by atoms with E-state index in [-0.39, 0.29) is 23.9 Å². The zero-order chi connectivity index (χ0) is 30.5. The minimum absolute atomic E-state index is 0.0151. The van der Waals surface area contributed by atoms with Crippen LogP contribution in [0.15, 0.2) is 52.5 Å². The number of rotatable bonds is 11. The summed E-state index contributed by atoms with van der Waals surface area (Å²) in [5.41, 5.74) is 2.41. The Morgan fingerprint density at radius 3 is 2.63 bits per heavy atom. The molecular weight excluding hydrogens is 546 g/mol. The predicted molar refractivity (Wildman–Crippen MR) is 171 cm³/mol. The Balaban J connectivity index is 1.36. The monoisotopic (exact) mass is 590 g/mol. The molecule has 8 nitrogen and oxygen atoms in total. The van der Waals surface area contributed by atoms with E-state index in [4.69, 9.17) is 4.98 Å². The first-order valence-corrected chi connectivity index (χ1v) is 15.5. The summed E-state index contributed by atoms with van der Waals surface area (Å²) in [5.74, 6) is 1.87.